The monoisotopic (exact) mass is 405 g/mol. The number of ether oxygens (including phenoxy) is 1. The zero-order valence-corrected chi connectivity index (χ0v) is 14.8. The Morgan fingerprint density at radius 2 is 1.90 bits per heavy atom. The van der Waals surface area contributed by atoms with Crippen molar-refractivity contribution in [3.05, 3.63) is 83.3 Å². The van der Waals surface area contributed by atoms with E-state index in [-0.39, 0.29) is 23.7 Å². The van der Waals surface area contributed by atoms with Gasteiger partial charge in [-0.2, -0.15) is 13.2 Å². The van der Waals surface area contributed by atoms with Crippen LogP contribution < -0.4 is 15.8 Å². The smallest absolute Gasteiger partial charge is 0.416 e. The van der Waals surface area contributed by atoms with Gasteiger partial charge in [0.05, 0.1) is 11.1 Å². The summed E-state index contributed by atoms with van der Waals surface area (Å²) in [5.41, 5.74) is 5.43. The fraction of sp³-hybridized carbons (Fsp3) is 0.100. The molecule has 1 amide bonds. The van der Waals surface area contributed by atoms with E-state index in [1.54, 1.807) is 18.2 Å². The summed E-state index contributed by atoms with van der Waals surface area (Å²) in [6, 6.07) is 11.2. The second kappa shape index (κ2) is 8.17. The van der Waals surface area contributed by atoms with Crippen molar-refractivity contribution in [2.75, 3.05) is 5.73 Å². The molecule has 0 saturated heterocycles. The van der Waals surface area contributed by atoms with Crippen LogP contribution in [-0.4, -0.2) is 10.9 Å². The van der Waals surface area contributed by atoms with E-state index in [4.69, 9.17) is 10.5 Å². The van der Waals surface area contributed by atoms with Crippen LogP contribution in [0.2, 0.25) is 0 Å². The van der Waals surface area contributed by atoms with Crippen LogP contribution in [-0.2, 0) is 12.7 Å². The highest BCUT2D eigenvalue weighted by Crippen LogP contribution is 2.34. The van der Waals surface area contributed by atoms with E-state index in [1.807, 2.05) is 0 Å². The Labute approximate surface area is 163 Å². The molecular formula is C20H15F4N3O2. The molecule has 0 aliphatic heterocycles. The first-order valence-electron chi connectivity index (χ1n) is 8.36. The molecule has 0 aliphatic carbocycles. The number of anilines is 1. The number of nitrogens with two attached hydrogens (primary N) is 1. The van der Waals surface area contributed by atoms with Crippen LogP contribution in [0.25, 0.3) is 0 Å². The first-order chi connectivity index (χ1) is 13.7. The fourth-order valence-electron chi connectivity index (χ4n) is 2.49. The molecular weight excluding hydrogens is 390 g/mol. The van der Waals surface area contributed by atoms with Crippen LogP contribution in [0.15, 0.2) is 60.8 Å². The lowest BCUT2D eigenvalue weighted by molar-refractivity contribution is -0.137. The van der Waals surface area contributed by atoms with Gasteiger partial charge in [-0.05, 0) is 48.0 Å². The first kappa shape index (κ1) is 20.1. The molecule has 0 fully saturated rings. The SMILES string of the molecule is Nc1ncccc1C(=O)NCc1cccc(Oc2cc(C(F)(F)F)ccc2F)c1. The maximum Gasteiger partial charge on any atom is 0.416 e. The topological polar surface area (TPSA) is 77.2 Å². The van der Waals surface area contributed by atoms with Crippen molar-refractivity contribution in [1.29, 1.82) is 0 Å². The summed E-state index contributed by atoms with van der Waals surface area (Å²) in [5.74, 6) is -1.71. The third-order valence-corrected chi connectivity index (χ3v) is 3.92. The molecule has 0 radical (unpaired) electrons. The average Bonchev–Trinajstić information content (AvgIpc) is 2.67. The largest absolute Gasteiger partial charge is 0.454 e. The van der Waals surface area contributed by atoms with Crippen molar-refractivity contribution in [3.8, 4) is 11.5 Å². The van der Waals surface area contributed by atoms with Gasteiger partial charge in [0.2, 0.25) is 0 Å². The molecule has 3 aromatic rings. The Morgan fingerprint density at radius 1 is 1.10 bits per heavy atom. The van der Waals surface area contributed by atoms with E-state index in [1.165, 1.54) is 24.4 Å². The van der Waals surface area contributed by atoms with Gasteiger partial charge >= 0.3 is 6.18 Å². The van der Waals surface area contributed by atoms with Gasteiger partial charge < -0.3 is 15.8 Å². The minimum absolute atomic E-state index is 0.0853. The van der Waals surface area contributed by atoms with Gasteiger partial charge in [-0.25, -0.2) is 9.37 Å². The molecule has 0 bridgehead atoms. The molecule has 1 aromatic heterocycles. The predicted molar refractivity (Wildman–Crippen MR) is 97.7 cm³/mol. The maximum absolute atomic E-state index is 13.9. The molecule has 0 atom stereocenters. The highest BCUT2D eigenvalue weighted by Gasteiger charge is 2.31. The number of aromatic nitrogens is 1. The van der Waals surface area contributed by atoms with Crippen molar-refractivity contribution in [1.82, 2.24) is 10.3 Å². The molecule has 5 nitrogen and oxygen atoms in total. The van der Waals surface area contributed by atoms with E-state index in [0.717, 1.165) is 0 Å². The normalized spacial score (nSPS) is 11.2. The molecule has 0 unspecified atom stereocenters. The number of carbonyl (C=O) groups excluding carboxylic acids is 1. The number of nitrogens with zero attached hydrogens (tertiary/aromatic N) is 1. The van der Waals surface area contributed by atoms with Crippen molar-refractivity contribution >= 4 is 11.7 Å². The molecule has 150 valence electrons. The lowest BCUT2D eigenvalue weighted by Crippen LogP contribution is -2.24. The minimum Gasteiger partial charge on any atom is -0.454 e. The molecule has 0 saturated carbocycles. The Balaban J connectivity index is 1.72. The van der Waals surface area contributed by atoms with Crippen LogP contribution in [0.4, 0.5) is 23.4 Å². The Hall–Kier alpha value is -3.62. The van der Waals surface area contributed by atoms with Crippen LogP contribution in [0.1, 0.15) is 21.5 Å². The molecule has 0 aliphatic rings. The number of rotatable bonds is 5. The number of alkyl halides is 3. The third-order valence-electron chi connectivity index (χ3n) is 3.92. The van der Waals surface area contributed by atoms with Crippen molar-refractivity contribution in [2.45, 2.75) is 12.7 Å². The summed E-state index contributed by atoms with van der Waals surface area (Å²) in [7, 11) is 0. The fourth-order valence-corrected chi connectivity index (χ4v) is 2.49. The molecule has 3 rings (SSSR count). The van der Waals surface area contributed by atoms with Gasteiger partial charge in [0, 0.05) is 12.7 Å². The summed E-state index contributed by atoms with van der Waals surface area (Å²) >= 11 is 0. The van der Waals surface area contributed by atoms with Gasteiger partial charge in [0.25, 0.3) is 5.91 Å². The number of benzene rings is 2. The Bertz CT molecular complexity index is 1040. The third kappa shape index (κ3) is 5.01. The second-order valence-corrected chi connectivity index (χ2v) is 6.01. The van der Waals surface area contributed by atoms with E-state index in [9.17, 15) is 22.4 Å². The lowest BCUT2D eigenvalue weighted by atomic mass is 10.2. The van der Waals surface area contributed by atoms with Crippen LogP contribution in [0, 0.1) is 5.82 Å². The van der Waals surface area contributed by atoms with E-state index >= 15 is 0 Å². The zero-order valence-electron chi connectivity index (χ0n) is 14.8. The highest BCUT2D eigenvalue weighted by molar-refractivity contribution is 5.98. The summed E-state index contributed by atoms with van der Waals surface area (Å²) < 4.78 is 57.6. The number of amides is 1. The van der Waals surface area contributed by atoms with Crippen LogP contribution in [0.3, 0.4) is 0 Å². The molecule has 29 heavy (non-hydrogen) atoms. The van der Waals surface area contributed by atoms with Gasteiger partial charge in [0.15, 0.2) is 11.6 Å². The second-order valence-electron chi connectivity index (χ2n) is 6.01. The van der Waals surface area contributed by atoms with Crippen molar-refractivity contribution in [2.24, 2.45) is 0 Å². The zero-order chi connectivity index (χ0) is 21.0. The number of hydrogen-bond acceptors (Lipinski definition) is 4. The standard InChI is InChI=1S/C20H15F4N3O2/c21-16-7-6-13(20(22,23)24)10-17(16)29-14-4-1-3-12(9-14)11-27-19(28)15-5-2-8-26-18(15)25/h1-10H,11H2,(H2,25,26)(H,27,28). The molecule has 9 heteroatoms. The number of nitrogen functional groups attached to an aromatic ring is 1. The molecule has 2 aromatic carbocycles. The summed E-state index contributed by atoms with van der Waals surface area (Å²) in [6.45, 7) is 0.0927. The number of halogens is 4. The lowest BCUT2D eigenvalue weighted by Gasteiger charge is -2.12. The molecule has 3 N–H and O–H groups in total. The van der Waals surface area contributed by atoms with Crippen molar-refractivity contribution < 1.29 is 27.1 Å². The number of pyridine rings is 1. The average molecular weight is 405 g/mol. The number of carbonyl (C=O) groups is 1. The van der Waals surface area contributed by atoms with Gasteiger partial charge in [-0.3, -0.25) is 4.79 Å². The van der Waals surface area contributed by atoms with Gasteiger partial charge in [-0.1, -0.05) is 12.1 Å². The van der Waals surface area contributed by atoms with Crippen LogP contribution >= 0.6 is 0 Å². The predicted octanol–water partition coefficient (Wildman–Crippen LogP) is 4.54. The molecule has 0 spiro atoms. The van der Waals surface area contributed by atoms with Gasteiger partial charge in [0.1, 0.15) is 11.6 Å². The number of hydrogen-bond donors (Lipinski definition) is 2. The minimum atomic E-state index is -4.62. The van der Waals surface area contributed by atoms with Crippen LogP contribution in [0.5, 0.6) is 11.5 Å². The highest BCUT2D eigenvalue weighted by atomic mass is 19.4. The Morgan fingerprint density at radius 3 is 2.62 bits per heavy atom. The summed E-state index contributed by atoms with van der Waals surface area (Å²) in [4.78, 5) is 16.0. The number of nitrogens with one attached hydrogen (secondary N) is 1. The maximum atomic E-state index is 13.9. The summed E-state index contributed by atoms with van der Waals surface area (Å²) in [6.07, 6.45) is -3.16. The van der Waals surface area contributed by atoms with E-state index in [0.29, 0.717) is 23.8 Å². The quantitative estimate of drug-likeness (QED) is 0.611. The van der Waals surface area contributed by atoms with E-state index in [2.05, 4.69) is 10.3 Å². The van der Waals surface area contributed by atoms with E-state index < -0.39 is 29.2 Å². The Kier molecular flexibility index (Phi) is 5.67. The summed E-state index contributed by atoms with van der Waals surface area (Å²) in [5, 5.41) is 2.65. The molecule has 1 heterocycles. The van der Waals surface area contributed by atoms with Gasteiger partial charge in [-0.15, -0.1) is 0 Å². The van der Waals surface area contributed by atoms with Crippen molar-refractivity contribution in [3.63, 3.8) is 0 Å². The first-order valence-corrected chi connectivity index (χ1v) is 8.36.